The van der Waals surface area contributed by atoms with Gasteiger partial charge in [-0.25, -0.2) is 9.78 Å². The number of nitrogens with one attached hydrogen (secondary N) is 1. The molecule has 1 N–H and O–H groups in total. The van der Waals surface area contributed by atoms with Crippen molar-refractivity contribution in [2.45, 2.75) is 19.8 Å². The Morgan fingerprint density at radius 3 is 2.85 bits per heavy atom. The predicted molar refractivity (Wildman–Crippen MR) is 85.1 cm³/mol. The third-order valence-corrected chi connectivity index (χ3v) is 3.87. The first-order chi connectivity index (χ1) is 9.69. The lowest BCUT2D eigenvalue weighted by molar-refractivity contribution is 0.160. The molecule has 0 spiro atoms. The van der Waals surface area contributed by atoms with Gasteiger partial charge in [0.25, 0.3) is 0 Å². The summed E-state index contributed by atoms with van der Waals surface area (Å²) in [6, 6.07) is 7.87. The number of unbranched alkanes of at least 4 members (excludes halogenated alkanes) is 1. The highest BCUT2D eigenvalue weighted by atomic mass is 79.9. The molecular weight excluding hydrogens is 340 g/mol. The number of rotatable bonds is 5. The lowest BCUT2D eigenvalue weighted by Crippen LogP contribution is -2.14. The molecule has 0 saturated carbocycles. The molecule has 1 heterocycles. The van der Waals surface area contributed by atoms with E-state index in [9.17, 15) is 4.79 Å². The Balaban J connectivity index is 1.95. The molecular formula is C14H15BrN2O2S. The highest BCUT2D eigenvalue weighted by Gasteiger charge is 2.08. The first-order valence-electron chi connectivity index (χ1n) is 6.34. The minimum Gasteiger partial charge on any atom is -0.449 e. The summed E-state index contributed by atoms with van der Waals surface area (Å²) in [5, 5.41) is 5.09. The van der Waals surface area contributed by atoms with Crippen LogP contribution in [0.25, 0.3) is 11.3 Å². The van der Waals surface area contributed by atoms with Crippen molar-refractivity contribution in [2.24, 2.45) is 0 Å². The van der Waals surface area contributed by atoms with Crippen molar-refractivity contribution in [1.29, 1.82) is 0 Å². The second-order valence-electron chi connectivity index (χ2n) is 4.16. The summed E-state index contributed by atoms with van der Waals surface area (Å²) in [4.78, 5) is 15.9. The molecule has 1 aromatic carbocycles. The molecule has 2 aromatic rings. The van der Waals surface area contributed by atoms with Gasteiger partial charge in [0.15, 0.2) is 5.13 Å². The summed E-state index contributed by atoms with van der Waals surface area (Å²) in [7, 11) is 0. The zero-order valence-electron chi connectivity index (χ0n) is 11.1. The van der Waals surface area contributed by atoms with Crippen molar-refractivity contribution >= 4 is 38.5 Å². The number of aromatic nitrogens is 1. The van der Waals surface area contributed by atoms with E-state index in [2.05, 4.69) is 26.2 Å². The molecule has 0 fully saturated rings. The molecule has 6 heteroatoms. The fraction of sp³-hybridized carbons (Fsp3) is 0.286. The number of halogens is 1. The van der Waals surface area contributed by atoms with Crippen LogP contribution in [0.1, 0.15) is 19.8 Å². The van der Waals surface area contributed by atoms with E-state index in [-0.39, 0.29) is 0 Å². The quantitative estimate of drug-likeness (QED) is 0.775. The van der Waals surface area contributed by atoms with Crippen molar-refractivity contribution in [3.8, 4) is 11.3 Å². The summed E-state index contributed by atoms with van der Waals surface area (Å²) in [6.07, 6.45) is 1.42. The molecule has 20 heavy (non-hydrogen) atoms. The van der Waals surface area contributed by atoms with Crippen LogP contribution in [0.5, 0.6) is 0 Å². The largest absolute Gasteiger partial charge is 0.449 e. The van der Waals surface area contributed by atoms with E-state index in [0.717, 1.165) is 28.6 Å². The van der Waals surface area contributed by atoms with E-state index in [1.165, 1.54) is 11.3 Å². The van der Waals surface area contributed by atoms with Gasteiger partial charge in [0.1, 0.15) is 0 Å². The summed E-state index contributed by atoms with van der Waals surface area (Å²) in [6.45, 7) is 2.49. The minimum absolute atomic E-state index is 0.438. The minimum atomic E-state index is -0.449. The maximum atomic E-state index is 11.5. The van der Waals surface area contributed by atoms with Crippen LogP contribution in [0.15, 0.2) is 34.1 Å². The number of amides is 1. The second kappa shape index (κ2) is 7.40. The van der Waals surface area contributed by atoms with Gasteiger partial charge in [0, 0.05) is 15.4 Å². The number of hydrogen-bond acceptors (Lipinski definition) is 4. The lowest BCUT2D eigenvalue weighted by atomic mass is 10.2. The molecule has 0 unspecified atom stereocenters. The molecule has 0 aliphatic carbocycles. The number of thiazole rings is 1. The number of benzene rings is 1. The zero-order valence-corrected chi connectivity index (χ0v) is 13.5. The van der Waals surface area contributed by atoms with E-state index >= 15 is 0 Å². The van der Waals surface area contributed by atoms with Crippen LogP contribution in [0.3, 0.4) is 0 Å². The summed E-state index contributed by atoms with van der Waals surface area (Å²) >= 11 is 4.78. The average Bonchev–Trinajstić information content (AvgIpc) is 2.88. The Bertz CT molecular complexity index is 569. The average molecular weight is 355 g/mol. The van der Waals surface area contributed by atoms with Crippen LogP contribution in [0.2, 0.25) is 0 Å². The van der Waals surface area contributed by atoms with E-state index < -0.39 is 6.09 Å². The number of carbonyl (C=O) groups is 1. The molecule has 106 valence electrons. The highest BCUT2D eigenvalue weighted by Crippen LogP contribution is 2.26. The summed E-state index contributed by atoms with van der Waals surface area (Å²) < 4.78 is 6.05. The molecule has 1 amide bonds. The van der Waals surface area contributed by atoms with Crippen LogP contribution in [-0.4, -0.2) is 17.7 Å². The van der Waals surface area contributed by atoms with Crippen LogP contribution in [0.4, 0.5) is 9.93 Å². The number of anilines is 1. The number of hydrogen-bond donors (Lipinski definition) is 1. The maximum Gasteiger partial charge on any atom is 0.413 e. The van der Waals surface area contributed by atoms with Crippen molar-refractivity contribution < 1.29 is 9.53 Å². The van der Waals surface area contributed by atoms with Gasteiger partial charge < -0.3 is 4.74 Å². The SMILES string of the molecule is CCCCOC(=O)Nc1nc(-c2ccc(Br)cc2)cs1. The van der Waals surface area contributed by atoms with Gasteiger partial charge in [0.2, 0.25) is 0 Å². The van der Waals surface area contributed by atoms with Gasteiger partial charge in [-0.1, -0.05) is 41.4 Å². The molecule has 1 aromatic heterocycles. The fourth-order valence-corrected chi connectivity index (χ4v) is 2.49. The third kappa shape index (κ3) is 4.31. The van der Waals surface area contributed by atoms with Gasteiger partial charge in [0.05, 0.1) is 12.3 Å². The van der Waals surface area contributed by atoms with Crippen LogP contribution >= 0.6 is 27.3 Å². The second-order valence-corrected chi connectivity index (χ2v) is 5.93. The Morgan fingerprint density at radius 2 is 2.15 bits per heavy atom. The van der Waals surface area contributed by atoms with Crippen LogP contribution in [-0.2, 0) is 4.74 Å². The van der Waals surface area contributed by atoms with Gasteiger partial charge in [-0.3, -0.25) is 5.32 Å². The zero-order chi connectivity index (χ0) is 14.4. The van der Waals surface area contributed by atoms with Crippen molar-refractivity contribution in [1.82, 2.24) is 4.98 Å². The molecule has 0 bridgehead atoms. The molecule has 4 nitrogen and oxygen atoms in total. The van der Waals surface area contributed by atoms with Gasteiger partial charge in [-0.15, -0.1) is 11.3 Å². The summed E-state index contributed by atoms with van der Waals surface area (Å²) in [5.74, 6) is 0. The molecule has 0 saturated heterocycles. The van der Waals surface area contributed by atoms with Crippen LogP contribution < -0.4 is 5.32 Å². The van der Waals surface area contributed by atoms with Gasteiger partial charge in [-0.2, -0.15) is 0 Å². The topological polar surface area (TPSA) is 51.2 Å². The van der Waals surface area contributed by atoms with Crippen molar-refractivity contribution in [2.75, 3.05) is 11.9 Å². The Kier molecular flexibility index (Phi) is 5.55. The lowest BCUT2D eigenvalue weighted by Gasteiger charge is -2.03. The van der Waals surface area contributed by atoms with E-state index in [1.54, 1.807) is 0 Å². The number of nitrogens with zero attached hydrogens (tertiary/aromatic N) is 1. The Labute approximate surface area is 130 Å². The normalized spacial score (nSPS) is 10.3. The maximum absolute atomic E-state index is 11.5. The molecule has 0 aliphatic rings. The van der Waals surface area contributed by atoms with Gasteiger partial charge in [-0.05, 0) is 18.6 Å². The molecule has 0 radical (unpaired) electrons. The first-order valence-corrected chi connectivity index (χ1v) is 8.01. The van der Waals surface area contributed by atoms with E-state index in [0.29, 0.717) is 11.7 Å². The van der Waals surface area contributed by atoms with Crippen molar-refractivity contribution in [3.05, 3.63) is 34.1 Å². The smallest absolute Gasteiger partial charge is 0.413 e. The summed E-state index contributed by atoms with van der Waals surface area (Å²) in [5.41, 5.74) is 1.85. The molecule has 0 aliphatic heterocycles. The number of carbonyl (C=O) groups excluding carboxylic acids is 1. The van der Waals surface area contributed by atoms with E-state index in [1.807, 2.05) is 36.6 Å². The highest BCUT2D eigenvalue weighted by molar-refractivity contribution is 9.10. The Hall–Kier alpha value is -1.40. The standard InChI is InChI=1S/C14H15BrN2O2S/c1-2-3-8-19-14(18)17-13-16-12(9-20-13)10-4-6-11(15)7-5-10/h4-7,9H,2-3,8H2,1H3,(H,16,17,18). The van der Waals surface area contributed by atoms with Crippen LogP contribution in [0, 0.1) is 0 Å². The van der Waals surface area contributed by atoms with E-state index in [4.69, 9.17) is 4.74 Å². The predicted octanol–water partition coefficient (Wildman–Crippen LogP) is 4.92. The third-order valence-electron chi connectivity index (χ3n) is 2.58. The van der Waals surface area contributed by atoms with Crippen molar-refractivity contribution in [3.63, 3.8) is 0 Å². The molecule has 2 rings (SSSR count). The molecule has 0 atom stereocenters. The fourth-order valence-electron chi connectivity index (χ4n) is 1.52. The Morgan fingerprint density at radius 1 is 1.40 bits per heavy atom. The first kappa shape index (κ1) is 15.0. The number of ether oxygens (including phenoxy) is 1. The monoisotopic (exact) mass is 354 g/mol. The van der Waals surface area contributed by atoms with Gasteiger partial charge >= 0.3 is 6.09 Å².